The van der Waals surface area contributed by atoms with Crippen molar-refractivity contribution in [2.45, 2.75) is 46.6 Å². The summed E-state index contributed by atoms with van der Waals surface area (Å²) in [6.45, 7) is 9.05. The molecule has 1 aromatic rings. The molecule has 0 aliphatic carbocycles. The van der Waals surface area contributed by atoms with E-state index < -0.39 is 0 Å². The lowest BCUT2D eigenvalue weighted by Crippen LogP contribution is -2.39. The first kappa shape index (κ1) is 22.1. The number of hydrogen-bond acceptors (Lipinski definition) is 5. The summed E-state index contributed by atoms with van der Waals surface area (Å²) < 4.78 is 5.07. The number of carbonyl (C=O) groups excluding carboxylic acids is 1. The SMILES string of the molecule is CN=C(NCCC(=O)OC(C)C)NCCc1nc(C)c(C)s1.I. The predicted molar refractivity (Wildman–Crippen MR) is 106 cm³/mol. The third kappa shape index (κ3) is 9.09. The van der Waals surface area contributed by atoms with Crippen LogP contribution in [-0.2, 0) is 16.0 Å². The molecule has 8 heteroatoms. The smallest absolute Gasteiger partial charge is 0.307 e. The first-order valence-electron chi connectivity index (χ1n) is 7.49. The highest BCUT2D eigenvalue weighted by atomic mass is 127. The molecule has 0 saturated heterocycles. The van der Waals surface area contributed by atoms with Crippen LogP contribution in [0.1, 0.15) is 35.8 Å². The molecule has 0 radical (unpaired) electrons. The Hall–Kier alpha value is -0.900. The van der Waals surface area contributed by atoms with Crippen molar-refractivity contribution in [2.75, 3.05) is 20.1 Å². The summed E-state index contributed by atoms with van der Waals surface area (Å²) in [6, 6.07) is 0. The van der Waals surface area contributed by atoms with E-state index in [1.165, 1.54) is 4.88 Å². The van der Waals surface area contributed by atoms with Gasteiger partial charge in [-0.1, -0.05) is 0 Å². The topological polar surface area (TPSA) is 75.6 Å². The van der Waals surface area contributed by atoms with Crippen LogP contribution in [-0.4, -0.2) is 43.2 Å². The van der Waals surface area contributed by atoms with Gasteiger partial charge in [-0.05, 0) is 27.7 Å². The lowest BCUT2D eigenvalue weighted by atomic mass is 10.4. The van der Waals surface area contributed by atoms with Gasteiger partial charge < -0.3 is 15.4 Å². The molecule has 0 aliphatic rings. The molecule has 1 heterocycles. The van der Waals surface area contributed by atoms with Crippen LogP contribution in [0.4, 0.5) is 0 Å². The highest BCUT2D eigenvalue weighted by molar-refractivity contribution is 14.0. The molecule has 0 aromatic carbocycles. The molecule has 0 atom stereocenters. The molecule has 0 aliphatic heterocycles. The number of hydrogen-bond donors (Lipinski definition) is 2. The van der Waals surface area contributed by atoms with Gasteiger partial charge in [0.25, 0.3) is 0 Å². The minimum atomic E-state index is -0.202. The van der Waals surface area contributed by atoms with E-state index >= 15 is 0 Å². The fraction of sp³-hybridized carbons (Fsp3) is 0.667. The third-order valence-corrected chi connectivity index (χ3v) is 4.05. The van der Waals surface area contributed by atoms with Crippen LogP contribution in [0.3, 0.4) is 0 Å². The zero-order chi connectivity index (χ0) is 16.5. The number of thiazole rings is 1. The van der Waals surface area contributed by atoms with Gasteiger partial charge in [0.05, 0.1) is 23.2 Å². The van der Waals surface area contributed by atoms with E-state index in [-0.39, 0.29) is 36.0 Å². The highest BCUT2D eigenvalue weighted by Gasteiger charge is 2.06. The first-order chi connectivity index (χ1) is 10.4. The Balaban J connectivity index is 0.00000484. The Morgan fingerprint density at radius 3 is 2.48 bits per heavy atom. The largest absolute Gasteiger partial charge is 0.463 e. The normalized spacial score (nSPS) is 11.1. The quantitative estimate of drug-likeness (QED) is 0.287. The fourth-order valence-electron chi connectivity index (χ4n) is 1.76. The molecule has 0 fully saturated rings. The monoisotopic (exact) mass is 454 g/mol. The lowest BCUT2D eigenvalue weighted by molar-refractivity contribution is -0.147. The molecule has 0 saturated carbocycles. The summed E-state index contributed by atoms with van der Waals surface area (Å²) >= 11 is 1.73. The second-order valence-corrected chi connectivity index (χ2v) is 6.50. The van der Waals surface area contributed by atoms with E-state index in [0.717, 1.165) is 23.7 Å². The second kappa shape index (κ2) is 11.6. The van der Waals surface area contributed by atoms with Crippen LogP contribution < -0.4 is 10.6 Å². The van der Waals surface area contributed by atoms with Crippen LogP contribution in [0.2, 0.25) is 0 Å². The minimum absolute atomic E-state index is 0. The molecule has 1 aromatic heterocycles. The molecule has 1 rings (SSSR count). The summed E-state index contributed by atoms with van der Waals surface area (Å²) in [4.78, 5) is 21.3. The summed E-state index contributed by atoms with van der Waals surface area (Å²) in [6.07, 6.45) is 1.11. The van der Waals surface area contributed by atoms with E-state index in [2.05, 4.69) is 27.5 Å². The number of nitrogens with one attached hydrogen (secondary N) is 2. The van der Waals surface area contributed by atoms with Gasteiger partial charge in [-0.15, -0.1) is 35.3 Å². The summed E-state index contributed by atoms with van der Waals surface area (Å²) in [7, 11) is 1.71. The maximum absolute atomic E-state index is 11.4. The Labute approximate surface area is 159 Å². The molecule has 0 unspecified atom stereocenters. The van der Waals surface area contributed by atoms with Crippen molar-refractivity contribution in [3.63, 3.8) is 0 Å². The van der Waals surface area contributed by atoms with Crippen molar-refractivity contribution in [3.05, 3.63) is 15.6 Å². The molecule has 0 amide bonds. The van der Waals surface area contributed by atoms with Crippen LogP contribution >= 0.6 is 35.3 Å². The van der Waals surface area contributed by atoms with Crippen molar-refractivity contribution < 1.29 is 9.53 Å². The van der Waals surface area contributed by atoms with E-state index in [1.54, 1.807) is 18.4 Å². The van der Waals surface area contributed by atoms with Crippen LogP contribution in [0.5, 0.6) is 0 Å². The van der Waals surface area contributed by atoms with Gasteiger partial charge in [0.15, 0.2) is 5.96 Å². The zero-order valence-corrected chi connectivity index (χ0v) is 17.6. The van der Waals surface area contributed by atoms with Crippen molar-refractivity contribution in [2.24, 2.45) is 4.99 Å². The average Bonchev–Trinajstić information content (AvgIpc) is 2.75. The van der Waals surface area contributed by atoms with Crippen LogP contribution in [0, 0.1) is 13.8 Å². The number of ether oxygens (including phenoxy) is 1. The molecule has 6 nitrogen and oxygen atoms in total. The summed E-state index contributed by atoms with van der Waals surface area (Å²) in [5, 5.41) is 7.44. The molecular weight excluding hydrogens is 427 g/mol. The van der Waals surface area contributed by atoms with Crippen molar-refractivity contribution >= 4 is 47.2 Å². The minimum Gasteiger partial charge on any atom is -0.463 e. The number of halogens is 1. The number of aryl methyl sites for hydroxylation is 2. The second-order valence-electron chi connectivity index (χ2n) is 5.21. The highest BCUT2D eigenvalue weighted by Crippen LogP contribution is 2.16. The van der Waals surface area contributed by atoms with E-state index in [0.29, 0.717) is 18.9 Å². The van der Waals surface area contributed by atoms with E-state index in [1.807, 2.05) is 20.8 Å². The Morgan fingerprint density at radius 2 is 1.96 bits per heavy atom. The number of aliphatic imine (C=N–C) groups is 1. The standard InChI is InChI=1S/C15H26N4O2S.HI/c1-10(2)21-14(20)7-9-18-15(16-5)17-8-6-13-19-11(3)12(4)22-13;/h10H,6-9H2,1-5H3,(H2,16,17,18);1H. The number of aromatic nitrogens is 1. The van der Waals surface area contributed by atoms with Gasteiger partial charge in [-0.25, -0.2) is 4.98 Å². The van der Waals surface area contributed by atoms with Gasteiger partial charge in [0, 0.05) is 31.4 Å². The molecule has 0 bridgehead atoms. The van der Waals surface area contributed by atoms with Gasteiger partial charge in [-0.2, -0.15) is 0 Å². The van der Waals surface area contributed by atoms with Gasteiger partial charge in [0.1, 0.15) is 0 Å². The third-order valence-electron chi connectivity index (χ3n) is 2.92. The first-order valence-corrected chi connectivity index (χ1v) is 8.31. The van der Waals surface area contributed by atoms with Crippen molar-refractivity contribution in [3.8, 4) is 0 Å². The van der Waals surface area contributed by atoms with E-state index in [9.17, 15) is 4.79 Å². The summed E-state index contributed by atoms with van der Waals surface area (Å²) in [5.41, 5.74) is 1.10. The summed E-state index contributed by atoms with van der Waals surface area (Å²) in [5.74, 6) is 0.481. The molecule has 0 spiro atoms. The Bertz CT molecular complexity index is 498. The number of esters is 1. The predicted octanol–water partition coefficient (Wildman–Crippen LogP) is 2.43. The van der Waals surface area contributed by atoms with Crippen molar-refractivity contribution in [1.82, 2.24) is 15.6 Å². The lowest BCUT2D eigenvalue weighted by Gasteiger charge is -2.12. The number of nitrogens with zero attached hydrogens (tertiary/aromatic N) is 2. The Morgan fingerprint density at radius 1 is 1.30 bits per heavy atom. The average molecular weight is 454 g/mol. The molecule has 132 valence electrons. The zero-order valence-electron chi connectivity index (χ0n) is 14.4. The van der Waals surface area contributed by atoms with Gasteiger partial charge >= 0.3 is 5.97 Å². The number of carbonyl (C=O) groups is 1. The van der Waals surface area contributed by atoms with Crippen LogP contribution in [0.15, 0.2) is 4.99 Å². The van der Waals surface area contributed by atoms with Gasteiger partial charge in [0.2, 0.25) is 0 Å². The molecule has 2 N–H and O–H groups in total. The maximum Gasteiger partial charge on any atom is 0.307 e. The molecule has 23 heavy (non-hydrogen) atoms. The van der Waals surface area contributed by atoms with Gasteiger partial charge in [-0.3, -0.25) is 9.79 Å². The molecular formula is C15H27IN4O2S. The number of guanidine groups is 1. The van der Waals surface area contributed by atoms with Crippen LogP contribution in [0.25, 0.3) is 0 Å². The Kier molecular flexibility index (Phi) is 11.2. The maximum atomic E-state index is 11.4. The number of rotatable bonds is 7. The fourth-order valence-corrected chi connectivity index (χ4v) is 2.69. The van der Waals surface area contributed by atoms with E-state index in [4.69, 9.17) is 4.74 Å². The van der Waals surface area contributed by atoms with Crippen molar-refractivity contribution in [1.29, 1.82) is 0 Å².